The molecule has 0 aliphatic carbocycles. The number of aromatic nitrogens is 1. The Morgan fingerprint density at radius 3 is 2.69 bits per heavy atom. The molecule has 0 aromatic carbocycles. The van der Waals surface area contributed by atoms with Gasteiger partial charge < -0.3 is 11.1 Å². The van der Waals surface area contributed by atoms with Crippen molar-refractivity contribution < 1.29 is 0 Å². The van der Waals surface area contributed by atoms with Crippen molar-refractivity contribution in [3.8, 4) is 0 Å². The van der Waals surface area contributed by atoms with Gasteiger partial charge in [0, 0.05) is 25.0 Å². The first-order valence-corrected chi connectivity index (χ1v) is 6.57. The summed E-state index contributed by atoms with van der Waals surface area (Å²) in [7, 11) is 0. The summed E-state index contributed by atoms with van der Waals surface area (Å²) in [6.45, 7) is 5.18. The second kappa shape index (κ2) is 6.86. The van der Waals surface area contributed by atoms with E-state index in [9.17, 15) is 0 Å². The molecule has 0 fully saturated rings. The molecule has 0 aliphatic heterocycles. The quantitative estimate of drug-likeness (QED) is 0.845. The largest absolute Gasteiger partial charge is 0.382 e. The Hall–Kier alpha value is -0.610. The number of nitrogens with one attached hydrogen (secondary N) is 1. The lowest BCUT2D eigenvalue weighted by Crippen LogP contribution is -2.36. The van der Waals surface area contributed by atoms with Crippen LogP contribution in [-0.2, 0) is 0 Å². The van der Waals surface area contributed by atoms with Gasteiger partial charge in [0.05, 0.1) is 10.2 Å². The number of anilines is 1. The molecule has 0 bridgehead atoms. The van der Waals surface area contributed by atoms with Gasteiger partial charge in [0.25, 0.3) is 0 Å². The summed E-state index contributed by atoms with van der Waals surface area (Å²) in [4.78, 5) is 4.02. The van der Waals surface area contributed by atoms with E-state index < -0.39 is 0 Å². The minimum absolute atomic E-state index is 0.204. The van der Waals surface area contributed by atoms with Gasteiger partial charge >= 0.3 is 0 Å². The SMILES string of the molecule is CCC(CC)C(N)CNc1ccncc1Br. The smallest absolute Gasteiger partial charge is 0.0590 e. The zero-order valence-electron chi connectivity index (χ0n) is 9.91. The molecule has 4 heteroatoms. The molecule has 0 saturated carbocycles. The van der Waals surface area contributed by atoms with Crippen molar-refractivity contribution in [2.45, 2.75) is 32.7 Å². The van der Waals surface area contributed by atoms with Gasteiger partial charge in [-0.1, -0.05) is 26.7 Å². The van der Waals surface area contributed by atoms with Crippen LogP contribution in [0.15, 0.2) is 22.9 Å². The maximum Gasteiger partial charge on any atom is 0.0590 e. The van der Waals surface area contributed by atoms with Gasteiger partial charge in [-0.2, -0.15) is 0 Å². The molecule has 0 radical (unpaired) electrons. The fraction of sp³-hybridized carbons (Fsp3) is 0.583. The third-order valence-electron chi connectivity index (χ3n) is 2.95. The molecule has 1 aromatic rings. The molecule has 0 amide bonds. The molecule has 3 N–H and O–H groups in total. The van der Waals surface area contributed by atoms with Gasteiger partial charge in [-0.05, 0) is 27.9 Å². The third kappa shape index (κ3) is 3.76. The van der Waals surface area contributed by atoms with E-state index in [1.54, 1.807) is 12.4 Å². The van der Waals surface area contributed by atoms with E-state index in [2.05, 4.69) is 40.1 Å². The van der Waals surface area contributed by atoms with Gasteiger partial charge in [-0.3, -0.25) is 4.98 Å². The Morgan fingerprint density at radius 1 is 1.44 bits per heavy atom. The van der Waals surface area contributed by atoms with E-state index in [0.717, 1.165) is 29.5 Å². The van der Waals surface area contributed by atoms with Crippen molar-refractivity contribution in [3.05, 3.63) is 22.9 Å². The molecule has 0 saturated heterocycles. The first kappa shape index (κ1) is 13.5. The van der Waals surface area contributed by atoms with Crippen LogP contribution < -0.4 is 11.1 Å². The van der Waals surface area contributed by atoms with Gasteiger partial charge in [0.1, 0.15) is 0 Å². The van der Waals surface area contributed by atoms with Crippen LogP contribution in [0.4, 0.5) is 5.69 Å². The molecule has 1 heterocycles. The Bertz CT molecular complexity index is 313. The van der Waals surface area contributed by atoms with Crippen LogP contribution >= 0.6 is 15.9 Å². The van der Waals surface area contributed by atoms with Crippen LogP contribution in [0, 0.1) is 5.92 Å². The van der Waals surface area contributed by atoms with Crippen molar-refractivity contribution in [2.24, 2.45) is 11.7 Å². The van der Waals surface area contributed by atoms with Crippen LogP contribution in [0.1, 0.15) is 26.7 Å². The topological polar surface area (TPSA) is 50.9 Å². The maximum atomic E-state index is 6.14. The number of rotatable bonds is 6. The van der Waals surface area contributed by atoms with E-state index in [1.807, 2.05) is 6.07 Å². The fourth-order valence-electron chi connectivity index (χ4n) is 1.81. The monoisotopic (exact) mass is 285 g/mol. The normalized spacial score (nSPS) is 12.8. The zero-order chi connectivity index (χ0) is 12.0. The fourth-order valence-corrected chi connectivity index (χ4v) is 2.20. The highest BCUT2D eigenvalue weighted by molar-refractivity contribution is 9.10. The Balaban J connectivity index is 2.48. The highest BCUT2D eigenvalue weighted by Gasteiger charge is 2.13. The zero-order valence-corrected chi connectivity index (χ0v) is 11.5. The molecule has 0 aliphatic rings. The van der Waals surface area contributed by atoms with Gasteiger partial charge in [-0.25, -0.2) is 0 Å². The third-order valence-corrected chi connectivity index (χ3v) is 3.59. The summed E-state index contributed by atoms with van der Waals surface area (Å²) >= 11 is 3.45. The minimum Gasteiger partial charge on any atom is -0.382 e. The van der Waals surface area contributed by atoms with Crippen molar-refractivity contribution >= 4 is 21.6 Å². The van der Waals surface area contributed by atoms with Crippen molar-refractivity contribution in [1.29, 1.82) is 0 Å². The molecule has 1 atom stereocenters. The second-order valence-corrected chi connectivity index (χ2v) is 4.83. The summed E-state index contributed by atoms with van der Waals surface area (Å²) in [5, 5.41) is 3.35. The molecule has 3 nitrogen and oxygen atoms in total. The van der Waals surface area contributed by atoms with E-state index in [-0.39, 0.29) is 6.04 Å². The number of nitrogens with zero attached hydrogens (tertiary/aromatic N) is 1. The second-order valence-electron chi connectivity index (χ2n) is 3.98. The predicted octanol–water partition coefficient (Wildman–Crippen LogP) is 3.02. The van der Waals surface area contributed by atoms with Crippen molar-refractivity contribution in [3.63, 3.8) is 0 Å². The lowest BCUT2D eigenvalue weighted by Gasteiger charge is -2.22. The van der Waals surface area contributed by atoms with Gasteiger partial charge in [0.15, 0.2) is 0 Å². The number of hydrogen-bond acceptors (Lipinski definition) is 3. The van der Waals surface area contributed by atoms with E-state index >= 15 is 0 Å². The van der Waals surface area contributed by atoms with Crippen molar-refractivity contribution in [1.82, 2.24) is 4.98 Å². The van der Waals surface area contributed by atoms with Gasteiger partial charge in [0.2, 0.25) is 0 Å². The lowest BCUT2D eigenvalue weighted by molar-refractivity contribution is 0.407. The molecular weight excluding hydrogens is 266 g/mol. The molecule has 16 heavy (non-hydrogen) atoms. The molecule has 0 spiro atoms. The molecule has 1 rings (SSSR count). The molecule has 90 valence electrons. The lowest BCUT2D eigenvalue weighted by atomic mass is 9.95. The number of halogens is 1. The average Bonchev–Trinajstić information content (AvgIpc) is 2.29. The van der Waals surface area contributed by atoms with Crippen LogP contribution in [0.3, 0.4) is 0 Å². The highest BCUT2D eigenvalue weighted by Crippen LogP contribution is 2.20. The number of pyridine rings is 1. The summed E-state index contributed by atoms with van der Waals surface area (Å²) in [5.74, 6) is 0.591. The predicted molar refractivity (Wildman–Crippen MR) is 72.5 cm³/mol. The standard InChI is InChI=1S/C12H20BrN3/c1-3-9(4-2)11(14)8-16-12-5-6-15-7-10(12)13/h5-7,9,11H,3-4,8,14H2,1-2H3,(H,15,16). The van der Waals surface area contributed by atoms with Crippen LogP contribution in [-0.4, -0.2) is 17.6 Å². The van der Waals surface area contributed by atoms with E-state index in [1.165, 1.54) is 0 Å². The molecule has 1 aromatic heterocycles. The summed E-state index contributed by atoms with van der Waals surface area (Å²) in [6, 6.07) is 2.15. The van der Waals surface area contributed by atoms with E-state index in [4.69, 9.17) is 5.73 Å². The number of nitrogens with two attached hydrogens (primary N) is 1. The van der Waals surface area contributed by atoms with E-state index in [0.29, 0.717) is 5.92 Å². The molecule has 1 unspecified atom stereocenters. The first-order valence-electron chi connectivity index (χ1n) is 5.78. The van der Waals surface area contributed by atoms with Crippen LogP contribution in [0.25, 0.3) is 0 Å². The molecular formula is C12H20BrN3. The van der Waals surface area contributed by atoms with Crippen molar-refractivity contribution in [2.75, 3.05) is 11.9 Å². The van der Waals surface area contributed by atoms with Crippen LogP contribution in [0.2, 0.25) is 0 Å². The first-order chi connectivity index (χ1) is 7.69. The summed E-state index contributed by atoms with van der Waals surface area (Å²) in [6.07, 6.45) is 5.83. The summed E-state index contributed by atoms with van der Waals surface area (Å²) in [5.41, 5.74) is 7.20. The Kier molecular flexibility index (Phi) is 5.77. The Morgan fingerprint density at radius 2 is 2.12 bits per heavy atom. The highest BCUT2D eigenvalue weighted by atomic mass is 79.9. The average molecular weight is 286 g/mol. The minimum atomic E-state index is 0.204. The van der Waals surface area contributed by atoms with Gasteiger partial charge in [-0.15, -0.1) is 0 Å². The maximum absolute atomic E-state index is 6.14. The number of hydrogen-bond donors (Lipinski definition) is 2. The summed E-state index contributed by atoms with van der Waals surface area (Å²) < 4.78 is 0.978. The Labute approximate surface area is 106 Å². The van der Waals surface area contributed by atoms with Crippen LogP contribution in [0.5, 0.6) is 0 Å².